The van der Waals surface area contributed by atoms with Gasteiger partial charge in [0, 0.05) is 16.4 Å². The van der Waals surface area contributed by atoms with Crippen LogP contribution < -0.4 is 10.6 Å². The molecule has 0 aliphatic carbocycles. The van der Waals surface area contributed by atoms with Gasteiger partial charge < -0.3 is 10.6 Å². The Morgan fingerprint density at radius 1 is 0.913 bits per heavy atom. The van der Waals surface area contributed by atoms with E-state index in [-0.39, 0.29) is 0 Å². The minimum absolute atomic E-state index is 0.405. The molecule has 23 heavy (non-hydrogen) atoms. The molecule has 2 N–H and O–H groups in total. The highest BCUT2D eigenvalue weighted by Gasteiger charge is 2.03. The van der Waals surface area contributed by atoms with Gasteiger partial charge in [-0.2, -0.15) is 10.1 Å². The summed E-state index contributed by atoms with van der Waals surface area (Å²) in [6.45, 7) is 4.00. The molecular formula is C17H16ClN5. The molecular weight excluding hydrogens is 310 g/mol. The molecule has 3 rings (SSSR count). The van der Waals surface area contributed by atoms with Crippen molar-refractivity contribution < 1.29 is 0 Å². The van der Waals surface area contributed by atoms with Crippen molar-refractivity contribution in [3.05, 3.63) is 64.8 Å². The highest BCUT2D eigenvalue weighted by molar-refractivity contribution is 6.31. The molecule has 0 amide bonds. The highest BCUT2D eigenvalue weighted by Crippen LogP contribution is 2.22. The molecule has 0 fully saturated rings. The Morgan fingerprint density at radius 3 is 2.39 bits per heavy atom. The van der Waals surface area contributed by atoms with E-state index in [1.165, 1.54) is 5.56 Å². The molecule has 3 aromatic rings. The second-order valence-electron chi connectivity index (χ2n) is 5.25. The first kappa shape index (κ1) is 15.2. The second kappa shape index (κ2) is 6.62. The van der Waals surface area contributed by atoms with E-state index in [4.69, 9.17) is 11.6 Å². The fourth-order valence-electron chi connectivity index (χ4n) is 2.00. The number of aromatic nitrogens is 3. The lowest BCUT2D eigenvalue weighted by Crippen LogP contribution is -2.02. The van der Waals surface area contributed by atoms with Crippen LogP contribution in [-0.4, -0.2) is 15.2 Å². The summed E-state index contributed by atoms with van der Waals surface area (Å²) >= 11 is 6.12. The summed E-state index contributed by atoms with van der Waals surface area (Å²) in [5.41, 5.74) is 3.98. The monoisotopic (exact) mass is 325 g/mol. The van der Waals surface area contributed by atoms with Gasteiger partial charge in [-0.15, -0.1) is 5.10 Å². The van der Waals surface area contributed by atoms with E-state index in [2.05, 4.69) is 25.8 Å². The fourth-order valence-corrected chi connectivity index (χ4v) is 2.18. The summed E-state index contributed by atoms with van der Waals surface area (Å²) in [4.78, 5) is 4.40. The van der Waals surface area contributed by atoms with E-state index >= 15 is 0 Å². The Morgan fingerprint density at radius 2 is 1.65 bits per heavy atom. The number of nitrogens with one attached hydrogen (secondary N) is 2. The third-order valence-electron chi connectivity index (χ3n) is 3.31. The molecule has 1 aromatic heterocycles. The van der Waals surface area contributed by atoms with Gasteiger partial charge in [0.05, 0.1) is 6.20 Å². The molecule has 2 aromatic carbocycles. The largest absolute Gasteiger partial charge is 0.339 e. The number of hydrogen-bond acceptors (Lipinski definition) is 5. The second-order valence-corrected chi connectivity index (χ2v) is 5.65. The summed E-state index contributed by atoms with van der Waals surface area (Å²) in [5, 5.41) is 14.9. The van der Waals surface area contributed by atoms with Crippen molar-refractivity contribution in [3.63, 3.8) is 0 Å². The van der Waals surface area contributed by atoms with E-state index in [9.17, 15) is 0 Å². The molecule has 0 atom stereocenters. The minimum Gasteiger partial charge on any atom is -0.339 e. The van der Waals surface area contributed by atoms with E-state index in [1.807, 2.05) is 56.3 Å². The quantitative estimate of drug-likeness (QED) is 0.732. The standard InChI is InChI=1S/C17H16ClN5/c1-11-3-6-13(7-4-11)20-16-10-19-23-17(22-16)21-14-8-5-12(2)15(18)9-14/h3-10H,1-2H3,(H2,20,21,22,23). The Hall–Kier alpha value is -2.66. The third-order valence-corrected chi connectivity index (χ3v) is 3.72. The SMILES string of the molecule is Cc1ccc(Nc2cnnc(Nc3ccc(C)c(Cl)c3)n2)cc1. The zero-order valence-electron chi connectivity index (χ0n) is 12.8. The molecule has 0 saturated heterocycles. The highest BCUT2D eigenvalue weighted by atomic mass is 35.5. The summed E-state index contributed by atoms with van der Waals surface area (Å²) in [6.07, 6.45) is 1.58. The predicted octanol–water partition coefficient (Wildman–Crippen LogP) is 4.63. The first-order chi connectivity index (χ1) is 11.1. The average Bonchev–Trinajstić information content (AvgIpc) is 2.54. The van der Waals surface area contributed by atoms with Gasteiger partial charge in [0.15, 0.2) is 5.82 Å². The molecule has 0 radical (unpaired) electrons. The van der Waals surface area contributed by atoms with Crippen LogP contribution in [0.5, 0.6) is 0 Å². The Balaban J connectivity index is 1.76. The summed E-state index contributed by atoms with van der Waals surface area (Å²) in [5.74, 6) is 1.02. The maximum atomic E-state index is 6.12. The smallest absolute Gasteiger partial charge is 0.249 e. The Kier molecular flexibility index (Phi) is 4.39. The first-order valence-electron chi connectivity index (χ1n) is 7.17. The Bertz CT molecular complexity index is 817. The zero-order valence-corrected chi connectivity index (χ0v) is 13.6. The summed E-state index contributed by atoms with van der Waals surface area (Å²) in [6, 6.07) is 13.7. The number of halogens is 1. The van der Waals surface area contributed by atoms with Crippen LogP contribution in [0.2, 0.25) is 5.02 Å². The van der Waals surface area contributed by atoms with Gasteiger partial charge in [-0.25, -0.2) is 0 Å². The van der Waals surface area contributed by atoms with Gasteiger partial charge in [-0.1, -0.05) is 35.4 Å². The number of hydrogen-bond donors (Lipinski definition) is 2. The molecule has 0 saturated carbocycles. The van der Waals surface area contributed by atoms with Crippen LogP contribution in [-0.2, 0) is 0 Å². The lowest BCUT2D eigenvalue weighted by atomic mass is 10.2. The van der Waals surface area contributed by atoms with E-state index in [0.29, 0.717) is 16.8 Å². The van der Waals surface area contributed by atoms with Crippen molar-refractivity contribution in [2.75, 3.05) is 10.6 Å². The summed E-state index contributed by atoms with van der Waals surface area (Å²) < 4.78 is 0. The minimum atomic E-state index is 0.405. The predicted molar refractivity (Wildman–Crippen MR) is 93.8 cm³/mol. The number of anilines is 4. The molecule has 0 unspecified atom stereocenters. The molecule has 6 heteroatoms. The molecule has 0 bridgehead atoms. The fraction of sp³-hybridized carbons (Fsp3) is 0.118. The maximum Gasteiger partial charge on any atom is 0.249 e. The van der Waals surface area contributed by atoms with E-state index in [0.717, 1.165) is 16.9 Å². The topological polar surface area (TPSA) is 62.7 Å². The van der Waals surface area contributed by atoms with Gasteiger partial charge >= 0.3 is 0 Å². The van der Waals surface area contributed by atoms with Gasteiger partial charge in [0.2, 0.25) is 5.95 Å². The zero-order chi connectivity index (χ0) is 16.2. The van der Waals surface area contributed by atoms with Gasteiger partial charge in [0.25, 0.3) is 0 Å². The van der Waals surface area contributed by atoms with Crippen LogP contribution >= 0.6 is 11.6 Å². The van der Waals surface area contributed by atoms with Crippen LogP contribution in [0.1, 0.15) is 11.1 Å². The van der Waals surface area contributed by atoms with Crippen molar-refractivity contribution in [2.24, 2.45) is 0 Å². The van der Waals surface area contributed by atoms with Crippen molar-refractivity contribution >= 4 is 34.7 Å². The van der Waals surface area contributed by atoms with Gasteiger partial charge in [-0.3, -0.25) is 0 Å². The van der Waals surface area contributed by atoms with Crippen LogP contribution in [0.25, 0.3) is 0 Å². The van der Waals surface area contributed by atoms with Crippen LogP contribution in [0.4, 0.5) is 23.1 Å². The molecule has 5 nitrogen and oxygen atoms in total. The normalized spacial score (nSPS) is 10.4. The molecule has 0 aliphatic rings. The number of rotatable bonds is 4. The molecule has 116 valence electrons. The lowest BCUT2D eigenvalue weighted by molar-refractivity contribution is 0.982. The maximum absolute atomic E-state index is 6.12. The third kappa shape index (κ3) is 3.96. The van der Waals surface area contributed by atoms with Crippen molar-refractivity contribution in [1.82, 2.24) is 15.2 Å². The summed E-state index contributed by atoms with van der Waals surface area (Å²) in [7, 11) is 0. The van der Waals surface area contributed by atoms with Crippen molar-refractivity contribution in [1.29, 1.82) is 0 Å². The number of aryl methyl sites for hydroxylation is 2. The molecule has 0 spiro atoms. The lowest BCUT2D eigenvalue weighted by Gasteiger charge is -2.08. The Labute approximate surface area is 139 Å². The van der Waals surface area contributed by atoms with Crippen molar-refractivity contribution in [3.8, 4) is 0 Å². The number of nitrogens with zero attached hydrogens (tertiary/aromatic N) is 3. The van der Waals surface area contributed by atoms with Crippen molar-refractivity contribution in [2.45, 2.75) is 13.8 Å². The van der Waals surface area contributed by atoms with Crippen LogP contribution in [0, 0.1) is 13.8 Å². The first-order valence-corrected chi connectivity index (χ1v) is 7.54. The van der Waals surface area contributed by atoms with E-state index < -0.39 is 0 Å². The van der Waals surface area contributed by atoms with Gasteiger partial charge in [0.1, 0.15) is 0 Å². The van der Waals surface area contributed by atoms with Crippen LogP contribution in [0.3, 0.4) is 0 Å². The van der Waals surface area contributed by atoms with E-state index in [1.54, 1.807) is 6.20 Å². The molecule has 1 heterocycles. The molecule has 0 aliphatic heterocycles. The van der Waals surface area contributed by atoms with Gasteiger partial charge in [-0.05, 0) is 43.7 Å². The number of benzene rings is 2. The van der Waals surface area contributed by atoms with Crippen LogP contribution in [0.15, 0.2) is 48.7 Å². The average molecular weight is 326 g/mol.